The van der Waals surface area contributed by atoms with Crippen LogP contribution in [0.1, 0.15) is 22.3 Å². The minimum Gasteiger partial charge on any atom is -0.286 e. The molecule has 1 atom stereocenters. The minimum absolute atomic E-state index is 0.167. The highest BCUT2D eigenvalue weighted by atomic mass is 32.2. The molecule has 2 amide bonds. The van der Waals surface area contributed by atoms with Crippen LogP contribution in [0.4, 0.5) is 4.79 Å². The maximum absolute atomic E-state index is 11.5. The van der Waals surface area contributed by atoms with Crippen LogP contribution in [0.3, 0.4) is 0 Å². The number of imide groups is 1. The van der Waals surface area contributed by atoms with Gasteiger partial charge in [0.05, 0.1) is 5.25 Å². The van der Waals surface area contributed by atoms with Gasteiger partial charge in [-0.25, -0.2) is 0 Å². The van der Waals surface area contributed by atoms with Crippen LogP contribution in [0.25, 0.3) is 0 Å². The lowest BCUT2D eigenvalue weighted by atomic mass is 9.96. The zero-order chi connectivity index (χ0) is 12.6. The van der Waals surface area contributed by atoms with Gasteiger partial charge in [0.15, 0.2) is 0 Å². The first kappa shape index (κ1) is 12.2. The molecule has 1 unspecified atom stereocenters. The molecule has 0 bridgehead atoms. The van der Waals surface area contributed by atoms with Gasteiger partial charge in [0.1, 0.15) is 0 Å². The Labute approximate surface area is 105 Å². The Bertz CT molecular complexity index is 473. The van der Waals surface area contributed by atoms with Crippen LogP contribution in [-0.2, 0) is 11.2 Å². The van der Waals surface area contributed by atoms with Crippen molar-refractivity contribution in [2.45, 2.75) is 32.4 Å². The maximum Gasteiger partial charge on any atom is 0.286 e. The lowest BCUT2D eigenvalue weighted by Gasteiger charge is -2.13. The van der Waals surface area contributed by atoms with E-state index in [1.54, 1.807) is 0 Å². The SMILES string of the molecule is Cc1cc(C)c(CC2SC(=O)NC2=O)c(C)c1. The van der Waals surface area contributed by atoms with Crippen LogP contribution in [0.2, 0.25) is 0 Å². The van der Waals surface area contributed by atoms with E-state index in [-0.39, 0.29) is 16.4 Å². The molecule has 17 heavy (non-hydrogen) atoms. The quantitative estimate of drug-likeness (QED) is 0.876. The zero-order valence-corrected chi connectivity index (χ0v) is 11.0. The molecule has 0 aliphatic carbocycles. The summed E-state index contributed by atoms with van der Waals surface area (Å²) in [5.74, 6) is -0.167. The molecule has 0 radical (unpaired) electrons. The highest BCUT2D eigenvalue weighted by molar-refractivity contribution is 8.15. The summed E-state index contributed by atoms with van der Waals surface area (Å²) < 4.78 is 0. The van der Waals surface area contributed by atoms with Crippen molar-refractivity contribution in [1.29, 1.82) is 0 Å². The van der Waals surface area contributed by atoms with Crippen molar-refractivity contribution in [2.24, 2.45) is 0 Å². The zero-order valence-electron chi connectivity index (χ0n) is 10.2. The largest absolute Gasteiger partial charge is 0.286 e. The molecule has 0 saturated carbocycles. The first-order chi connectivity index (χ1) is 7.97. The molecular formula is C13H15NO2S. The number of aryl methyl sites for hydroxylation is 3. The van der Waals surface area contributed by atoms with E-state index in [1.807, 2.05) is 0 Å². The van der Waals surface area contributed by atoms with Crippen molar-refractivity contribution in [3.63, 3.8) is 0 Å². The number of carbonyl (C=O) groups excluding carboxylic acids is 2. The molecule has 0 aromatic heterocycles. The molecule has 1 heterocycles. The Morgan fingerprint density at radius 2 is 1.76 bits per heavy atom. The van der Waals surface area contributed by atoms with E-state index in [2.05, 4.69) is 38.2 Å². The van der Waals surface area contributed by atoms with Gasteiger partial charge in [-0.3, -0.25) is 14.9 Å². The number of carbonyl (C=O) groups is 2. The molecule has 90 valence electrons. The third-order valence-electron chi connectivity index (χ3n) is 3.00. The number of nitrogens with one attached hydrogen (secondary N) is 1. The maximum atomic E-state index is 11.5. The van der Waals surface area contributed by atoms with E-state index in [1.165, 1.54) is 22.3 Å². The van der Waals surface area contributed by atoms with Gasteiger partial charge in [-0.15, -0.1) is 0 Å². The molecule has 1 aromatic rings. The summed E-state index contributed by atoms with van der Waals surface area (Å²) in [5.41, 5.74) is 4.78. The molecule has 1 fully saturated rings. The van der Waals surface area contributed by atoms with E-state index in [0.29, 0.717) is 6.42 Å². The second-order valence-electron chi connectivity index (χ2n) is 4.46. The van der Waals surface area contributed by atoms with Crippen molar-refractivity contribution >= 4 is 22.9 Å². The van der Waals surface area contributed by atoms with Gasteiger partial charge in [-0.1, -0.05) is 29.5 Å². The lowest BCUT2D eigenvalue weighted by molar-refractivity contribution is -0.118. The van der Waals surface area contributed by atoms with Gasteiger partial charge in [0.2, 0.25) is 5.91 Å². The first-order valence-corrected chi connectivity index (χ1v) is 6.43. The summed E-state index contributed by atoms with van der Waals surface area (Å²) in [4.78, 5) is 22.6. The smallest absolute Gasteiger partial charge is 0.286 e. The van der Waals surface area contributed by atoms with Gasteiger partial charge < -0.3 is 0 Å². The second kappa shape index (κ2) is 4.53. The van der Waals surface area contributed by atoms with Crippen LogP contribution in [-0.4, -0.2) is 16.4 Å². The van der Waals surface area contributed by atoms with Gasteiger partial charge in [0, 0.05) is 0 Å². The summed E-state index contributed by atoms with van der Waals surface area (Å²) in [6.07, 6.45) is 0.625. The van der Waals surface area contributed by atoms with Crippen LogP contribution in [0.5, 0.6) is 0 Å². The summed E-state index contributed by atoms with van der Waals surface area (Å²) >= 11 is 1.09. The Balaban J connectivity index is 2.25. The van der Waals surface area contributed by atoms with E-state index in [0.717, 1.165) is 11.8 Å². The van der Waals surface area contributed by atoms with Crippen LogP contribution in [0, 0.1) is 20.8 Å². The molecule has 3 nitrogen and oxygen atoms in total. The summed E-state index contributed by atoms with van der Waals surface area (Å²) in [7, 11) is 0. The predicted octanol–water partition coefficient (Wildman–Crippen LogP) is 2.51. The van der Waals surface area contributed by atoms with Crippen molar-refractivity contribution in [3.8, 4) is 0 Å². The average Bonchev–Trinajstić information content (AvgIpc) is 2.51. The molecule has 1 aromatic carbocycles. The van der Waals surface area contributed by atoms with E-state index < -0.39 is 0 Å². The van der Waals surface area contributed by atoms with Gasteiger partial charge in [0.25, 0.3) is 5.24 Å². The number of hydrogen-bond donors (Lipinski definition) is 1. The van der Waals surface area contributed by atoms with E-state index in [9.17, 15) is 9.59 Å². The third-order valence-corrected chi connectivity index (χ3v) is 3.98. The fraction of sp³-hybridized carbons (Fsp3) is 0.385. The van der Waals surface area contributed by atoms with Crippen molar-refractivity contribution < 1.29 is 9.59 Å². The Morgan fingerprint density at radius 1 is 1.18 bits per heavy atom. The molecule has 1 saturated heterocycles. The molecule has 0 spiro atoms. The normalized spacial score (nSPS) is 19.6. The van der Waals surface area contributed by atoms with Crippen LogP contribution >= 0.6 is 11.8 Å². The number of rotatable bonds is 2. The van der Waals surface area contributed by atoms with Gasteiger partial charge >= 0.3 is 0 Å². The molecular weight excluding hydrogens is 234 g/mol. The van der Waals surface area contributed by atoms with Gasteiger partial charge in [-0.2, -0.15) is 0 Å². The molecule has 1 N–H and O–H groups in total. The number of thioether (sulfide) groups is 1. The number of amides is 2. The lowest BCUT2D eigenvalue weighted by Crippen LogP contribution is -2.25. The Hall–Kier alpha value is -1.29. The van der Waals surface area contributed by atoms with Crippen molar-refractivity contribution in [2.75, 3.05) is 0 Å². The Kier molecular flexibility index (Phi) is 3.24. The average molecular weight is 249 g/mol. The van der Waals surface area contributed by atoms with E-state index in [4.69, 9.17) is 0 Å². The fourth-order valence-electron chi connectivity index (χ4n) is 2.24. The predicted molar refractivity (Wildman–Crippen MR) is 69.3 cm³/mol. The minimum atomic E-state index is -0.275. The van der Waals surface area contributed by atoms with Crippen LogP contribution < -0.4 is 5.32 Å². The summed E-state index contributed by atoms with van der Waals surface area (Å²) in [5, 5.41) is 1.81. The standard InChI is InChI=1S/C13H15NO2S/c1-7-4-8(2)10(9(3)5-7)6-11-12(15)14-13(16)17-11/h4-5,11H,6H2,1-3H3,(H,14,15,16). The number of benzene rings is 1. The molecule has 2 rings (SSSR count). The molecule has 1 aliphatic heterocycles. The van der Waals surface area contributed by atoms with Crippen LogP contribution in [0.15, 0.2) is 12.1 Å². The number of hydrogen-bond acceptors (Lipinski definition) is 3. The molecule has 4 heteroatoms. The highest BCUT2D eigenvalue weighted by Crippen LogP contribution is 2.26. The topological polar surface area (TPSA) is 46.2 Å². The highest BCUT2D eigenvalue weighted by Gasteiger charge is 2.32. The monoisotopic (exact) mass is 249 g/mol. The Morgan fingerprint density at radius 3 is 2.24 bits per heavy atom. The van der Waals surface area contributed by atoms with Gasteiger partial charge in [-0.05, 0) is 43.9 Å². The fourth-order valence-corrected chi connectivity index (χ4v) is 3.08. The van der Waals surface area contributed by atoms with Crippen molar-refractivity contribution in [1.82, 2.24) is 5.32 Å². The van der Waals surface area contributed by atoms with Crippen molar-refractivity contribution in [3.05, 3.63) is 34.4 Å². The van der Waals surface area contributed by atoms with E-state index >= 15 is 0 Å². The third kappa shape index (κ3) is 2.52. The molecule has 1 aliphatic rings. The summed E-state index contributed by atoms with van der Waals surface area (Å²) in [6.45, 7) is 6.16. The second-order valence-corrected chi connectivity index (χ2v) is 5.64. The first-order valence-electron chi connectivity index (χ1n) is 5.55. The summed E-state index contributed by atoms with van der Waals surface area (Å²) in [6, 6.07) is 4.23.